The second kappa shape index (κ2) is 11.4. The van der Waals surface area contributed by atoms with Gasteiger partial charge in [-0.15, -0.1) is 0 Å². The molecule has 1 fully saturated rings. The highest BCUT2D eigenvalue weighted by Gasteiger charge is 2.61. The number of aliphatic imine (C=N–C) groups is 1. The number of halogens is 7. The van der Waals surface area contributed by atoms with Crippen molar-refractivity contribution in [2.24, 2.45) is 4.99 Å². The van der Waals surface area contributed by atoms with E-state index in [1.54, 1.807) is 6.92 Å². The summed E-state index contributed by atoms with van der Waals surface area (Å²) >= 11 is 19.3. The highest BCUT2D eigenvalue weighted by molar-refractivity contribution is 6.33. The average Bonchev–Trinajstić information content (AvgIpc) is 3.29. The van der Waals surface area contributed by atoms with Crippen LogP contribution in [0.1, 0.15) is 25.8 Å². The SMILES string of the molecule is CCC1(c2ccc(Cl)cc2)C(Cl)N([C@@H]2N=C(OC(C)=O)N(c3ccc(F)cc3Cl)N2C)C(=O)N1CC(O)C(F)(F)F. The lowest BCUT2D eigenvalue weighted by Gasteiger charge is -2.40. The number of rotatable bonds is 6. The van der Waals surface area contributed by atoms with Crippen molar-refractivity contribution in [3.8, 4) is 0 Å². The lowest BCUT2D eigenvalue weighted by molar-refractivity contribution is -0.208. The van der Waals surface area contributed by atoms with Crippen molar-refractivity contribution in [1.29, 1.82) is 0 Å². The van der Waals surface area contributed by atoms with Gasteiger partial charge >= 0.3 is 24.2 Å². The van der Waals surface area contributed by atoms with Crippen LogP contribution in [-0.4, -0.2) is 75.6 Å². The number of amides is 2. The number of anilines is 1. The number of carbonyl (C=O) groups is 2. The molecule has 0 aliphatic carbocycles. The number of alkyl halides is 4. The predicted octanol–water partition coefficient (Wildman–Crippen LogP) is 5.53. The molecular formula is C25H24Cl3F4N5O4. The number of nitrogens with zero attached hydrogens (tertiary/aromatic N) is 5. The number of amidine groups is 1. The maximum atomic E-state index is 14.0. The molecule has 16 heteroatoms. The molecule has 4 rings (SSSR count). The van der Waals surface area contributed by atoms with Crippen LogP contribution in [0.5, 0.6) is 0 Å². The van der Waals surface area contributed by atoms with Gasteiger partial charge in [0.1, 0.15) is 16.9 Å². The number of hydrogen-bond acceptors (Lipinski definition) is 7. The summed E-state index contributed by atoms with van der Waals surface area (Å²) in [5.74, 6) is -1.43. The third-order valence-corrected chi connectivity index (χ3v) is 7.99. The van der Waals surface area contributed by atoms with Crippen LogP contribution in [0.2, 0.25) is 10.0 Å². The number of benzene rings is 2. The first-order chi connectivity index (χ1) is 19.1. The Morgan fingerprint density at radius 1 is 1.20 bits per heavy atom. The van der Waals surface area contributed by atoms with Crippen LogP contribution in [0.15, 0.2) is 47.5 Å². The second-order valence-corrected chi connectivity index (χ2v) is 10.6. The summed E-state index contributed by atoms with van der Waals surface area (Å²) in [6.07, 6.45) is -9.26. The molecular weight excluding hydrogens is 617 g/mol. The third kappa shape index (κ3) is 5.53. The van der Waals surface area contributed by atoms with Gasteiger partial charge in [-0.1, -0.05) is 53.9 Å². The lowest BCUT2D eigenvalue weighted by Crippen LogP contribution is -2.53. The Morgan fingerprint density at radius 2 is 1.83 bits per heavy atom. The summed E-state index contributed by atoms with van der Waals surface area (Å²) in [4.78, 5) is 32.1. The molecule has 0 bridgehead atoms. The lowest BCUT2D eigenvalue weighted by atomic mass is 9.85. The fraction of sp³-hybridized carbons (Fsp3) is 0.400. The van der Waals surface area contributed by atoms with Gasteiger partial charge in [0, 0.05) is 19.0 Å². The number of hydrazine groups is 1. The third-order valence-electron chi connectivity index (χ3n) is 6.87. The van der Waals surface area contributed by atoms with E-state index in [9.17, 15) is 32.3 Å². The fourth-order valence-electron chi connectivity index (χ4n) is 4.94. The molecule has 41 heavy (non-hydrogen) atoms. The first-order valence-electron chi connectivity index (χ1n) is 12.1. The molecule has 2 amide bonds. The molecule has 2 aromatic rings. The van der Waals surface area contributed by atoms with E-state index < -0.39 is 54.0 Å². The van der Waals surface area contributed by atoms with Gasteiger partial charge in [0.05, 0.1) is 17.3 Å². The Hall–Kier alpha value is -2.84. The van der Waals surface area contributed by atoms with Gasteiger partial charge in [0.25, 0.3) is 0 Å². The van der Waals surface area contributed by atoms with Crippen LogP contribution >= 0.6 is 34.8 Å². The van der Waals surface area contributed by atoms with Crippen molar-refractivity contribution < 1.29 is 37.0 Å². The van der Waals surface area contributed by atoms with Gasteiger partial charge in [-0.25, -0.2) is 14.2 Å². The van der Waals surface area contributed by atoms with Crippen LogP contribution in [0.4, 0.5) is 28.0 Å². The first-order valence-corrected chi connectivity index (χ1v) is 13.3. The Morgan fingerprint density at radius 3 is 2.37 bits per heavy atom. The number of esters is 1. The Labute approximate surface area is 247 Å². The van der Waals surface area contributed by atoms with Crippen molar-refractivity contribution in [2.75, 3.05) is 18.6 Å². The summed E-state index contributed by atoms with van der Waals surface area (Å²) in [7, 11) is 1.43. The maximum absolute atomic E-state index is 14.0. The standard InChI is InChI=1S/C25H24Cl3F4N5O4/c1-4-24(14-5-7-15(26)8-6-14)20(28)36(23(40)35(24)12-19(39)25(30,31)32)21-33-22(41-13(2)38)37(34(21)3)18-10-9-16(29)11-17(18)27/h5-11,19-21,39H,4,12H2,1-3H3/t19?,20?,21-,24?/m1/s1. The topological polar surface area (TPSA) is 88.9 Å². The van der Waals surface area contributed by atoms with E-state index in [0.717, 1.165) is 28.9 Å². The number of β-amino-alcohol motifs (C(OH)–C–C–N with tert-alkyl or cyclic N) is 1. The van der Waals surface area contributed by atoms with Crippen molar-refractivity contribution >= 4 is 58.5 Å². The van der Waals surface area contributed by atoms with Gasteiger partial charge in [-0.2, -0.15) is 23.2 Å². The largest absolute Gasteiger partial charge is 0.416 e. The monoisotopic (exact) mass is 639 g/mol. The number of hydrogen-bond donors (Lipinski definition) is 1. The zero-order valence-electron chi connectivity index (χ0n) is 21.7. The highest BCUT2D eigenvalue weighted by Crippen LogP contribution is 2.49. The van der Waals surface area contributed by atoms with E-state index in [1.165, 1.54) is 47.4 Å². The predicted molar refractivity (Wildman–Crippen MR) is 144 cm³/mol. The molecule has 2 aliphatic rings. The number of urea groups is 1. The molecule has 2 aliphatic heterocycles. The van der Waals surface area contributed by atoms with Crippen molar-refractivity contribution in [3.05, 3.63) is 63.9 Å². The molecule has 2 heterocycles. The molecule has 4 atom stereocenters. The number of aliphatic hydroxyl groups is 1. The second-order valence-electron chi connectivity index (χ2n) is 9.31. The van der Waals surface area contributed by atoms with Crippen LogP contribution in [0.25, 0.3) is 0 Å². The summed E-state index contributed by atoms with van der Waals surface area (Å²) in [6.45, 7) is 1.60. The molecule has 0 spiro atoms. The summed E-state index contributed by atoms with van der Waals surface area (Å²) in [5.41, 5.74) is -2.47. The van der Waals surface area contributed by atoms with Crippen LogP contribution in [0.3, 0.4) is 0 Å². The number of carbonyl (C=O) groups excluding carboxylic acids is 2. The molecule has 1 N–H and O–H groups in total. The highest BCUT2D eigenvalue weighted by atomic mass is 35.5. The van der Waals surface area contributed by atoms with Crippen molar-refractivity contribution in [2.45, 2.75) is 49.9 Å². The minimum absolute atomic E-state index is 0.0278. The minimum atomic E-state index is -5.03. The van der Waals surface area contributed by atoms with Crippen molar-refractivity contribution in [3.63, 3.8) is 0 Å². The molecule has 0 saturated carbocycles. The van der Waals surface area contributed by atoms with Gasteiger partial charge in [-0.3, -0.25) is 9.69 Å². The van der Waals surface area contributed by atoms with Gasteiger partial charge in [0.2, 0.25) is 6.29 Å². The smallest absolute Gasteiger partial charge is 0.391 e. The average molecular weight is 641 g/mol. The molecule has 2 aromatic carbocycles. The summed E-state index contributed by atoms with van der Waals surface area (Å²) in [5, 5.41) is 12.8. The molecule has 9 nitrogen and oxygen atoms in total. The summed E-state index contributed by atoms with van der Waals surface area (Å²) < 4.78 is 59.5. The summed E-state index contributed by atoms with van der Waals surface area (Å²) in [6, 6.07) is 8.12. The normalized spacial score (nSPS) is 24.2. The molecule has 0 aromatic heterocycles. The maximum Gasteiger partial charge on any atom is 0.416 e. The van der Waals surface area contributed by atoms with Crippen molar-refractivity contribution in [1.82, 2.24) is 14.8 Å². The van der Waals surface area contributed by atoms with E-state index in [0.29, 0.717) is 10.6 Å². The van der Waals surface area contributed by atoms with Gasteiger partial charge < -0.3 is 14.7 Å². The zero-order chi connectivity index (χ0) is 30.4. The van der Waals surface area contributed by atoms with E-state index >= 15 is 0 Å². The van der Waals surface area contributed by atoms with Gasteiger partial charge in [-0.05, 0) is 42.3 Å². The Kier molecular flexibility index (Phi) is 8.68. The molecule has 1 saturated heterocycles. The number of aliphatic hydroxyl groups excluding tert-OH is 1. The van der Waals surface area contributed by atoms with Crippen LogP contribution < -0.4 is 5.01 Å². The van der Waals surface area contributed by atoms with E-state index in [2.05, 4.69) is 4.99 Å². The van der Waals surface area contributed by atoms with Gasteiger partial charge in [0.15, 0.2) is 6.10 Å². The minimum Gasteiger partial charge on any atom is -0.391 e. The molecule has 0 radical (unpaired) electrons. The van der Waals surface area contributed by atoms with E-state index in [1.807, 2.05) is 0 Å². The van der Waals surface area contributed by atoms with Crippen LogP contribution in [0, 0.1) is 5.82 Å². The molecule has 3 unspecified atom stereocenters. The Bertz CT molecular complexity index is 1370. The Balaban J connectivity index is 1.84. The quantitative estimate of drug-likeness (QED) is 0.193. The fourth-order valence-corrected chi connectivity index (χ4v) is 5.89. The molecule has 222 valence electrons. The van der Waals surface area contributed by atoms with E-state index in [-0.39, 0.29) is 23.2 Å². The number of ether oxygens (including phenoxy) is 1. The zero-order valence-corrected chi connectivity index (χ0v) is 24.0. The van der Waals surface area contributed by atoms with E-state index in [4.69, 9.17) is 39.5 Å². The first kappa shape index (κ1) is 31.1. The van der Waals surface area contributed by atoms with Crippen LogP contribution in [-0.2, 0) is 15.1 Å².